The van der Waals surface area contributed by atoms with E-state index in [0.29, 0.717) is 13.0 Å². The molecule has 1 amide bonds. The van der Waals surface area contributed by atoms with Gasteiger partial charge in [0, 0.05) is 12.1 Å². The van der Waals surface area contributed by atoms with Crippen molar-refractivity contribution in [1.29, 1.82) is 0 Å². The Morgan fingerprint density at radius 2 is 1.89 bits per heavy atom. The first-order valence-electron chi connectivity index (χ1n) is 6.32. The Bertz CT molecular complexity index is 387. The second-order valence-electron chi connectivity index (χ2n) is 4.11. The minimum Gasteiger partial charge on any atom is -0.326 e. The van der Waals surface area contributed by atoms with Gasteiger partial charge in [0.1, 0.15) is 0 Å². The summed E-state index contributed by atoms with van der Waals surface area (Å²) < 4.78 is 0. The number of rotatable bonds is 8. The average Bonchev–Trinajstić information content (AvgIpc) is 2.39. The van der Waals surface area contributed by atoms with Crippen molar-refractivity contribution in [3.05, 3.63) is 30.3 Å². The van der Waals surface area contributed by atoms with Gasteiger partial charge in [0.05, 0.1) is 6.54 Å². The molecule has 0 radical (unpaired) electrons. The summed E-state index contributed by atoms with van der Waals surface area (Å²) in [5, 5.41) is 6.00. The number of carbonyl (C=O) groups excluding carboxylic acids is 1. The summed E-state index contributed by atoms with van der Waals surface area (Å²) in [6.45, 7) is 1.54. The van der Waals surface area contributed by atoms with Gasteiger partial charge in [0.25, 0.3) is 0 Å². The fourth-order valence-corrected chi connectivity index (χ4v) is 1.62. The molecule has 0 saturated heterocycles. The molecule has 0 bridgehead atoms. The molecule has 2 N–H and O–H groups in total. The molecule has 0 aliphatic heterocycles. The molecule has 104 valence electrons. The molecular weight excluding hydrogens is 260 g/mol. The monoisotopic (exact) mass is 280 g/mol. The molecule has 1 aromatic carbocycles. The van der Waals surface area contributed by atoms with Crippen LogP contribution in [0.2, 0.25) is 0 Å². The van der Waals surface area contributed by atoms with Crippen LogP contribution in [-0.4, -0.2) is 19.0 Å². The number of terminal acetylenes is 1. The molecule has 0 heterocycles. The van der Waals surface area contributed by atoms with Gasteiger partial charge in [0.2, 0.25) is 5.91 Å². The predicted molar refractivity (Wildman–Crippen MR) is 82.5 cm³/mol. The highest BCUT2D eigenvalue weighted by molar-refractivity contribution is 5.90. The fraction of sp³-hybridized carbons (Fsp3) is 0.400. The van der Waals surface area contributed by atoms with E-state index in [1.807, 2.05) is 30.3 Å². The SMILES string of the molecule is C#CCNCCCCCC(=O)Nc1ccccc1.Cl. The molecule has 0 saturated carbocycles. The van der Waals surface area contributed by atoms with Crippen LogP contribution in [0.1, 0.15) is 25.7 Å². The van der Waals surface area contributed by atoms with Gasteiger partial charge < -0.3 is 10.6 Å². The van der Waals surface area contributed by atoms with E-state index in [9.17, 15) is 4.79 Å². The summed E-state index contributed by atoms with van der Waals surface area (Å²) >= 11 is 0. The van der Waals surface area contributed by atoms with Crippen molar-refractivity contribution in [2.75, 3.05) is 18.4 Å². The summed E-state index contributed by atoms with van der Waals surface area (Å²) in [6.07, 6.45) is 8.70. The van der Waals surface area contributed by atoms with Crippen LogP contribution in [0.5, 0.6) is 0 Å². The van der Waals surface area contributed by atoms with Crippen molar-refractivity contribution in [1.82, 2.24) is 5.32 Å². The Morgan fingerprint density at radius 3 is 2.58 bits per heavy atom. The average molecular weight is 281 g/mol. The lowest BCUT2D eigenvalue weighted by Crippen LogP contribution is -2.15. The van der Waals surface area contributed by atoms with Gasteiger partial charge in [-0.1, -0.05) is 30.5 Å². The van der Waals surface area contributed by atoms with Crippen molar-refractivity contribution < 1.29 is 4.79 Å². The van der Waals surface area contributed by atoms with Crippen LogP contribution in [-0.2, 0) is 4.79 Å². The van der Waals surface area contributed by atoms with E-state index in [2.05, 4.69) is 16.6 Å². The second kappa shape index (κ2) is 11.6. The molecule has 0 aliphatic carbocycles. The zero-order chi connectivity index (χ0) is 13.1. The van der Waals surface area contributed by atoms with E-state index in [4.69, 9.17) is 6.42 Å². The molecule has 4 heteroatoms. The van der Waals surface area contributed by atoms with Gasteiger partial charge in [-0.25, -0.2) is 0 Å². The normalized spacial score (nSPS) is 9.21. The molecule has 1 aromatic rings. The first kappa shape index (κ1) is 17.5. The lowest BCUT2D eigenvalue weighted by atomic mass is 10.2. The summed E-state index contributed by atoms with van der Waals surface area (Å²) in [4.78, 5) is 11.6. The second-order valence-corrected chi connectivity index (χ2v) is 4.11. The molecule has 19 heavy (non-hydrogen) atoms. The summed E-state index contributed by atoms with van der Waals surface area (Å²) in [7, 11) is 0. The molecule has 0 spiro atoms. The van der Waals surface area contributed by atoms with Crippen LogP contribution < -0.4 is 10.6 Å². The smallest absolute Gasteiger partial charge is 0.224 e. The third kappa shape index (κ3) is 9.12. The van der Waals surface area contributed by atoms with Crippen LogP contribution in [0.3, 0.4) is 0 Å². The lowest BCUT2D eigenvalue weighted by molar-refractivity contribution is -0.116. The number of para-hydroxylation sites is 1. The number of anilines is 1. The Hall–Kier alpha value is -1.50. The van der Waals surface area contributed by atoms with E-state index in [0.717, 1.165) is 31.5 Å². The molecule has 1 rings (SSSR count). The zero-order valence-corrected chi connectivity index (χ0v) is 11.8. The topological polar surface area (TPSA) is 41.1 Å². The van der Waals surface area contributed by atoms with E-state index < -0.39 is 0 Å². The Morgan fingerprint density at radius 1 is 1.16 bits per heavy atom. The third-order valence-electron chi connectivity index (χ3n) is 2.54. The van der Waals surface area contributed by atoms with Crippen molar-refractivity contribution in [3.8, 4) is 12.3 Å². The minimum atomic E-state index is 0. The maximum atomic E-state index is 11.6. The molecule has 0 aromatic heterocycles. The van der Waals surface area contributed by atoms with Crippen LogP contribution in [0.4, 0.5) is 5.69 Å². The maximum Gasteiger partial charge on any atom is 0.224 e. The predicted octanol–water partition coefficient (Wildman–Crippen LogP) is 2.83. The first-order valence-corrected chi connectivity index (χ1v) is 6.32. The van der Waals surface area contributed by atoms with Crippen LogP contribution in [0, 0.1) is 12.3 Å². The Balaban J connectivity index is 0.00000324. The van der Waals surface area contributed by atoms with Gasteiger partial charge >= 0.3 is 0 Å². The zero-order valence-electron chi connectivity index (χ0n) is 11.0. The van der Waals surface area contributed by atoms with Gasteiger partial charge in [-0.3, -0.25) is 4.79 Å². The highest BCUT2D eigenvalue weighted by atomic mass is 35.5. The highest BCUT2D eigenvalue weighted by Crippen LogP contribution is 2.07. The number of hydrogen-bond donors (Lipinski definition) is 2. The first-order chi connectivity index (χ1) is 8.83. The molecular formula is C15H21ClN2O. The molecule has 0 atom stereocenters. The molecule has 0 aliphatic rings. The highest BCUT2D eigenvalue weighted by Gasteiger charge is 2.01. The summed E-state index contributed by atoms with van der Waals surface area (Å²) in [5.74, 6) is 2.61. The number of nitrogens with one attached hydrogen (secondary N) is 2. The van der Waals surface area contributed by atoms with Crippen LogP contribution >= 0.6 is 12.4 Å². The summed E-state index contributed by atoms with van der Waals surface area (Å²) in [5.41, 5.74) is 0.859. The quantitative estimate of drug-likeness (QED) is 0.568. The van der Waals surface area contributed by atoms with Gasteiger partial charge in [-0.2, -0.15) is 0 Å². The molecule has 0 fully saturated rings. The minimum absolute atomic E-state index is 0. The number of benzene rings is 1. The number of hydrogen-bond acceptors (Lipinski definition) is 2. The Kier molecular flexibility index (Phi) is 10.7. The number of carbonyl (C=O) groups is 1. The number of amides is 1. The van der Waals surface area contributed by atoms with E-state index in [1.165, 1.54) is 0 Å². The molecule has 3 nitrogen and oxygen atoms in total. The number of halogens is 1. The van der Waals surface area contributed by atoms with Crippen molar-refractivity contribution >= 4 is 24.0 Å². The Labute approximate surface area is 121 Å². The van der Waals surface area contributed by atoms with Gasteiger partial charge in [-0.05, 0) is 31.5 Å². The van der Waals surface area contributed by atoms with E-state index >= 15 is 0 Å². The van der Waals surface area contributed by atoms with Crippen LogP contribution in [0.15, 0.2) is 30.3 Å². The number of unbranched alkanes of at least 4 members (excludes halogenated alkanes) is 2. The largest absolute Gasteiger partial charge is 0.326 e. The standard InChI is InChI=1S/C15H20N2O.ClH/c1-2-12-16-13-8-4-7-11-15(18)17-14-9-5-3-6-10-14;/h1,3,5-6,9-10,16H,4,7-8,11-13H2,(H,17,18);1H. The van der Waals surface area contributed by atoms with E-state index in [-0.39, 0.29) is 18.3 Å². The molecule has 0 unspecified atom stereocenters. The van der Waals surface area contributed by atoms with Gasteiger partial charge in [-0.15, -0.1) is 18.8 Å². The van der Waals surface area contributed by atoms with Crippen molar-refractivity contribution in [3.63, 3.8) is 0 Å². The third-order valence-corrected chi connectivity index (χ3v) is 2.54. The van der Waals surface area contributed by atoms with Crippen molar-refractivity contribution in [2.24, 2.45) is 0 Å². The van der Waals surface area contributed by atoms with E-state index in [1.54, 1.807) is 0 Å². The fourth-order valence-electron chi connectivity index (χ4n) is 1.62. The maximum absolute atomic E-state index is 11.6. The van der Waals surface area contributed by atoms with Crippen LogP contribution in [0.25, 0.3) is 0 Å². The van der Waals surface area contributed by atoms with Crippen molar-refractivity contribution in [2.45, 2.75) is 25.7 Å². The summed E-state index contributed by atoms with van der Waals surface area (Å²) in [6, 6.07) is 9.53. The van der Waals surface area contributed by atoms with Gasteiger partial charge in [0.15, 0.2) is 0 Å². The lowest BCUT2D eigenvalue weighted by Gasteiger charge is -2.05.